The Bertz CT molecular complexity index is 939. The fourth-order valence-corrected chi connectivity index (χ4v) is 2.95. The molecule has 0 aliphatic carbocycles. The summed E-state index contributed by atoms with van der Waals surface area (Å²) in [4.78, 5) is 12.1. The van der Waals surface area contributed by atoms with Crippen LogP contribution in [-0.2, 0) is 6.61 Å². The first kappa shape index (κ1) is 19.3. The number of hydrogen-bond donors (Lipinski definition) is 1. The molecule has 0 heterocycles. The van der Waals surface area contributed by atoms with Crippen LogP contribution >= 0.6 is 31.9 Å². The molecule has 0 spiro atoms. The quantitative estimate of drug-likeness (QED) is 0.365. The molecule has 136 valence electrons. The van der Waals surface area contributed by atoms with E-state index in [4.69, 9.17) is 4.74 Å². The molecule has 0 saturated carbocycles. The summed E-state index contributed by atoms with van der Waals surface area (Å²) in [6.07, 6.45) is 1.60. The molecule has 0 fully saturated rings. The molecule has 0 aromatic heterocycles. The molecule has 0 aliphatic heterocycles. The molecule has 0 aliphatic rings. The van der Waals surface area contributed by atoms with Crippen molar-refractivity contribution >= 4 is 44.0 Å². The second-order valence-electron chi connectivity index (χ2n) is 5.69. The fourth-order valence-electron chi connectivity index (χ4n) is 2.27. The van der Waals surface area contributed by atoms with E-state index in [-0.39, 0.29) is 5.91 Å². The monoisotopic (exact) mass is 486 g/mol. The van der Waals surface area contributed by atoms with Crippen molar-refractivity contribution in [2.24, 2.45) is 5.10 Å². The molecule has 1 N–H and O–H groups in total. The Morgan fingerprint density at radius 2 is 1.70 bits per heavy atom. The highest BCUT2D eigenvalue weighted by molar-refractivity contribution is 9.10. The molecule has 0 saturated heterocycles. The summed E-state index contributed by atoms with van der Waals surface area (Å²) in [6, 6.07) is 22.5. The Hall–Kier alpha value is -2.44. The highest BCUT2D eigenvalue weighted by atomic mass is 79.9. The molecular formula is C21H16Br2N2O2. The maximum absolute atomic E-state index is 12.1. The first-order valence-electron chi connectivity index (χ1n) is 8.16. The molecule has 4 nitrogen and oxygen atoms in total. The highest BCUT2D eigenvalue weighted by Gasteiger charge is 2.04. The lowest BCUT2D eigenvalue weighted by atomic mass is 10.2. The lowest BCUT2D eigenvalue weighted by Crippen LogP contribution is -2.17. The highest BCUT2D eigenvalue weighted by Crippen LogP contribution is 2.16. The van der Waals surface area contributed by atoms with Gasteiger partial charge >= 0.3 is 0 Å². The van der Waals surface area contributed by atoms with Crippen molar-refractivity contribution < 1.29 is 9.53 Å². The zero-order valence-corrected chi connectivity index (χ0v) is 17.4. The van der Waals surface area contributed by atoms with E-state index in [2.05, 4.69) is 42.4 Å². The number of benzene rings is 3. The van der Waals surface area contributed by atoms with Crippen molar-refractivity contribution in [2.75, 3.05) is 0 Å². The van der Waals surface area contributed by atoms with Crippen LogP contribution < -0.4 is 10.2 Å². The smallest absolute Gasteiger partial charge is 0.271 e. The number of halogens is 2. The maximum Gasteiger partial charge on any atom is 0.271 e. The van der Waals surface area contributed by atoms with E-state index in [1.165, 1.54) is 0 Å². The van der Waals surface area contributed by atoms with Crippen molar-refractivity contribution in [3.63, 3.8) is 0 Å². The number of rotatable bonds is 6. The topological polar surface area (TPSA) is 50.7 Å². The molecule has 3 aromatic carbocycles. The normalized spacial score (nSPS) is 10.7. The van der Waals surface area contributed by atoms with E-state index < -0.39 is 0 Å². The predicted molar refractivity (Wildman–Crippen MR) is 114 cm³/mol. The van der Waals surface area contributed by atoms with Gasteiger partial charge in [-0.25, -0.2) is 5.43 Å². The Labute approximate surface area is 174 Å². The third kappa shape index (κ3) is 6.05. The lowest BCUT2D eigenvalue weighted by Gasteiger charge is -2.07. The first-order valence-corrected chi connectivity index (χ1v) is 9.75. The van der Waals surface area contributed by atoms with Gasteiger partial charge in [0.1, 0.15) is 12.4 Å². The molecule has 3 aromatic rings. The summed E-state index contributed by atoms with van der Waals surface area (Å²) in [5, 5.41) is 3.98. The van der Waals surface area contributed by atoms with Crippen molar-refractivity contribution in [2.45, 2.75) is 6.61 Å². The molecule has 0 bridgehead atoms. The Balaban J connectivity index is 1.53. The van der Waals surface area contributed by atoms with Crippen LogP contribution in [0.1, 0.15) is 21.5 Å². The SMILES string of the molecule is O=C(N/N=C/c1cccc(Br)c1)c1ccc(OCc2ccc(Br)cc2)cc1. The van der Waals surface area contributed by atoms with Crippen molar-refractivity contribution in [1.82, 2.24) is 5.43 Å². The number of nitrogens with one attached hydrogen (secondary N) is 1. The molecule has 27 heavy (non-hydrogen) atoms. The van der Waals surface area contributed by atoms with E-state index in [1.54, 1.807) is 30.5 Å². The van der Waals surface area contributed by atoms with Crippen LogP contribution in [0.2, 0.25) is 0 Å². The summed E-state index contributed by atoms with van der Waals surface area (Å²) in [6.45, 7) is 0.468. The maximum atomic E-state index is 12.1. The summed E-state index contributed by atoms with van der Waals surface area (Å²) in [5.41, 5.74) is 4.99. The number of hydrazone groups is 1. The van der Waals surface area contributed by atoms with Crippen molar-refractivity contribution in [3.05, 3.63) is 98.4 Å². The van der Waals surface area contributed by atoms with Gasteiger partial charge in [0.15, 0.2) is 0 Å². The number of nitrogens with zero attached hydrogens (tertiary/aromatic N) is 1. The molecule has 1 amide bonds. The van der Waals surface area contributed by atoms with Gasteiger partial charge < -0.3 is 4.74 Å². The van der Waals surface area contributed by atoms with Crippen LogP contribution in [0.3, 0.4) is 0 Å². The van der Waals surface area contributed by atoms with Crippen molar-refractivity contribution in [1.29, 1.82) is 0 Å². The molecule has 6 heteroatoms. The van der Waals surface area contributed by atoms with E-state index in [9.17, 15) is 4.79 Å². The van der Waals surface area contributed by atoms with E-state index in [1.807, 2.05) is 48.5 Å². The predicted octanol–water partition coefficient (Wildman–Crippen LogP) is 5.55. The second kappa shape index (κ2) is 9.48. The average molecular weight is 488 g/mol. The zero-order valence-electron chi connectivity index (χ0n) is 14.2. The van der Waals surface area contributed by atoms with Gasteiger partial charge in [-0.05, 0) is 59.7 Å². The number of carbonyl (C=O) groups is 1. The van der Waals surface area contributed by atoms with Crippen LogP contribution in [0.4, 0.5) is 0 Å². The third-order valence-electron chi connectivity index (χ3n) is 3.66. The molecule has 0 radical (unpaired) electrons. The van der Waals surface area contributed by atoms with E-state index in [0.29, 0.717) is 17.9 Å². The minimum absolute atomic E-state index is 0.277. The fraction of sp³-hybridized carbons (Fsp3) is 0.0476. The number of ether oxygens (including phenoxy) is 1. The molecule has 0 unspecified atom stereocenters. The van der Waals surface area contributed by atoms with Crippen LogP contribution in [0, 0.1) is 0 Å². The Morgan fingerprint density at radius 3 is 2.41 bits per heavy atom. The minimum Gasteiger partial charge on any atom is -0.489 e. The van der Waals surface area contributed by atoms with E-state index in [0.717, 1.165) is 20.1 Å². The average Bonchev–Trinajstić information content (AvgIpc) is 2.68. The van der Waals surface area contributed by atoms with Gasteiger partial charge in [0.25, 0.3) is 5.91 Å². The van der Waals surface area contributed by atoms with Gasteiger partial charge in [-0.3, -0.25) is 4.79 Å². The summed E-state index contributed by atoms with van der Waals surface area (Å²) in [5.74, 6) is 0.424. The number of hydrogen-bond acceptors (Lipinski definition) is 3. The Kier molecular flexibility index (Phi) is 6.79. The molecule has 0 atom stereocenters. The summed E-state index contributed by atoms with van der Waals surface area (Å²) < 4.78 is 7.72. The van der Waals surface area contributed by atoms with Gasteiger partial charge in [-0.2, -0.15) is 5.10 Å². The summed E-state index contributed by atoms with van der Waals surface area (Å²) in [7, 11) is 0. The largest absolute Gasteiger partial charge is 0.489 e. The van der Waals surface area contributed by atoms with Gasteiger partial charge in [0, 0.05) is 14.5 Å². The molecule has 3 rings (SSSR count). The Morgan fingerprint density at radius 1 is 0.963 bits per heavy atom. The number of amides is 1. The second-order valence-corrected chi connectivity index (χ2v) is 7.53. The van der Waals surface area contributed by atoms with E-state index >= 15 is 0 Å². The van der Waals surface area contributed by atoms with Crippen LogP contribution in [0.25, 0.3) is 0 Å². The van der Waals surface area contributed by atoms with Crippen LogP contribution in [0.5, 0.6) is 5.75 Å². The number of carbonyl (C=O) groups excluding carboxylic acids is 1. The van der Waals surface area contributed by atoms with Gasteiger partial charge in [0.2, 0.25) is 0 Å². The standard InChI is InChI=1S/C21H16Br2N2O2/c22-18-8-4-15(5-9-18)14-27-20-10-6-17(7-11-20)21(26)25-24-13-16-2-1-3-19(23)12-16/h1-13H,14H2,(H,25,26)/b24-13+. The molecular weight excluding hydrogens is 472 g/mol. The van der Waals surface area contributed by atoms with Crippen molar-refractivity contribution in [3.8, 4) is 5.75 Å². The van der Waals surface area contributed by atoms with Gasteiger partial charge in [-0.15, -0.1) is 0 Å². The third-order valence-corrected chi connectivity index (χ3v) is 4.69. The van der Waals surface area contributed by atoms with Crippen LogP contribution in [0.15, 0.2) is 86.8 Å². The zero-order chi connectivity index (χ0) is 19.1. The van der Waals surface area contributed by atoms with Gasteiger partial charge in [0.05, 0.1) is 6.21 Å². The lowest BCUT2D eigenvalue weighted by molar-refractivity contribution is 0.0955. The minimum atomic E-state index is -0.277. The van der Waals surface area contributed by atoms with Gasteiger partial charge in [-0.1, -0.05) is 56.1 Å². The summed E-state index contributed by atoms with van der Waals surface area (Å²) >= 11 is 6.80. The first-order chi connectivity index (χ1) is 13.1. The van der Waals surface area contributed by atoms with Crippen LogP contribution in [-0.4, -0.2) is 12.1 Å².